The maximum Gasteiger partial charge on any atom is 0.123 e. The van der Waals surface area contributed by atoms with Gasteiger partial charge in [-0.1, -0.05) is 13.8 Å². The molecule has 1 heterocycles. The molecular weight excluding hydrogens is 200 g/mol. The second-order valence-electron chi connectivity index (χ2n) is 3.83. The van der Waals surface area contributed by atoms with E-state index < -0.39 is 0 Å². The van der Waals surface area contributed by atoms with E-state index in [9.17, 15) is 0 Å². The van der Waals surface area contributed by atoms with Gasteiger partial charge >= 0.3 is 0 Å². The first-order chi connectivity index (χ1) is 7.76. The Morgan fingerprint density at radius 1 is 1.31 bits per heavy atom. The third kappa shape index (κ3) is 4.49. The molecule has 0 atom stereocenters. The zero-order chi connectivity index (χ0) is 11.8. The van der Waals surface area contributed by atoms with E-state index in [1.165, 1.54) is 6.42 Å². The Bertz CT molecular complexity index is 284. The average Bonchev–Trinajstić information content (AvgIpc) is 2.30. The minimum absolute atomic E-state index is 0.562. The molecule has 3 N–H and O–H groups in total. The van der Waals surface area contributed by atoms with Gasteiger partial charge in [-0.05, 0) is 31.6 Å². The maximum atomic E-state index is 5.52. The summed E-state index contributed by atoms with van der Waals surface area (Å²) < 4.78 is 0. The van der Waals surface area contributed by atoms with E-state index in [0.717, 1.165) is 31.9 Å². The first kappa shape index (κ1) is 12.8. The van der Waals surface area contributed by atoms with Crippen LogP contribution in [0, 0.1) is 0 Å². The van der Waals surface area contributed by atoms with Gasteiger partial charge in [0.05, 0.1) is 11.9 Å². The Hall–Kier alpha value is -1.29. The van der Waals surface area contributed by atoms with Crippen LogP contribution in [-0.4, -0.2) is 36.1 Å². The molecule has 4 heteroatoms. The molecule has 90 valence electrons. The van der Waals surface area contributed by atoms with Gasteiger partial charge in [0.2, 0.25) is 0 Å². The van der Waals surface area contributed by atoms with E-state index in [0.29, 0.717) is 5.82 Å². The molecule has 0 bridgehead atoms. The van der Waals surface area contributed by atoms with Gasteiger partial charge in [0.15, 0.2) is 0 Å². The van der Waals surface area contributed by atoms with Crippen LogP contribution in [-0.2, 0) is 0 Å². The summed E-state index contributed by atoms with van der Waals surface area (Å²) in [7, 11) is 0. The van der Waals surface area contributed by atoms with E-state index in [4.69, 9.17) is 5.73 Å². The summed E-state index contributed by atoms with van der Waals surface area (Å²) in [6, 6.07) is 3.77. The van der Waals surface area contributed by atoms with Crippen LogP contribution < -0.4 is 11.1 Å². The van der Waals surface area contributed by atoms with Crippen molar-refractivity contribution in [2.24, 2.45) is 0 Å². The molecule has 4 nitrogen and oxygen atoms in total. The lowest BCUT2D eigenvalue weighted by Gasteiger charge is -2.19. The van der Waals surface area contributed by atoms with Crippen LogP contribution in [0.1, 0.15) is 20.3 Å². The van der Waals surface area contributed by atoms with E-state index in [2.05, 4.69) is 29.0 Å². The summed E-state index contributed by atoms with van der Waals surface area (Å²) in [5.41, 5.74) is 6.55. The number of rotatable bonds is 7. The van der Waals surface area contributed by atoms with Gasteiger partial charge in [-0.25, -0.2) is 4.98 Å². The second kappa shape index (κ2) is 7.06. The standard InChI is InChI=1S/C12H22N4/c1-3-8-16(4-2)9-7-14-11-5-6-12(13)15-10-11/h5-6,10,14H,3-4,7-9H2,1-2H3,(H2,13,15). The maximum absolute atomic E-state index is 5.52. The summed E-state index contributed by atoms with van der Waals surface area (Å²) in [6.45, 7) is 8.68. The van der Waals surface area contributed by atoms with E-state index in [1.807, 2.05) is 12.1 Å². The van der Waals surface area contributed by atoms with Crippen molar-refractivity contribution in [1.82, 2.24) is 9.88 Å². The van der Waals surface area contributed by atoms with Crippen molar-refractivity contribution in [2.45, 2.75) is 20.3 Å². The van der Waals surface area contributed by atoms with Crippen LogP contribution in [0.4, 0.5) is 11.5 Å². The molecule has 0 radical (unpaired) electrons. The molecule has 0 aliphatic heterocycles. The molecule has 0 amide bonds. The van der Waals surface area contributed by atoms with Gasteiger partial charge in [0.25, 0.3) is 0 Å². The van der Waals surface area contributed by atoms with Gasteiger partial charge in [-0.15, -0.1) is 0 Å². The van der Waals surface area contributed by atoms with Crippen molar-refractivity contribution in [2.75, 3.05) is 37.2 Å². The van der Waals surface area contributed by atoms with Gasteiger partial charge in [-0.2, -0.15) is 0 Å². The SMILES string of the molecule is CCCN(CC)CCNc1ccc(N)nc1. The summed E-state index contributed by atoms with van der Waals surface area (Å²) in [4.78, 5) is 6.46. The number of hydrogen-bond acceptors (Lipinski definition) is 4. The minimum Gasteiger partial charge on any atom is -0.384 e. The lowest BCUT2D eigenvalue weighted by Crippen LogP contribution is -2.29. The van der Waals surface area contributed by atoms with Gasteiger partial charge in [0.1, 0.15) is 5.82 Å². The van der Waals surface area contributed by atoms with E-state index in [-0.39, 0.29) is 0 Å². The summed E-state index contributed by atoms with van der Waals surface area (Å²) in [5, 5.41) is 3.34. The zero-order valence-corrected chi connectivity index (χ0v) is 10.2. The molecule has 0 fully saturated rings. The normalized spacial score (nSPS) is 10.7. The van der Waals surface area contributed by atoms with Crippen molar-refractivity contribution in [3.63, 3.8) is 0 Å². The van der Waals surface area contributed by atoms with E-state index >= 15 is 0 Å². The number of nitrogens with one attached hydrogen (secondary N) is 1. The number of pyridine rings is 1. The Kier molecular flexibility index (Phi) is 5.64. The van der Waals surface area contributed by atoms with Crippen LogP contribution >= 0.6 is 0 Å². The van der Waals surface area contributed by atoms with Crippen LogP contribution in [0.2, 0.25) is 0 Å². The number of nitrogen functional groups attached to an aromatic ring is 1. The summed E-state index contributed by atoms with van der Waals surface area (Å²) >= 11 is 0. The molecule has 0 aromatic carbocycles. The number of likely N-dealkylation sites (N-methyl/N-ethyl adjacent to an activating group) is 1. The van der Waals surface area contributed by atoms with E-state index in [1.54, 1.807) is 6.20 Å². The first-order valence-corrected chi connectivity index (χ1v) is 5.94. The molecule has 1 aromatic rings. The molecule has 0 saturated carbocycles. The average molecular weight is 222 g/mol. The van der Waals surface area contributed by atoms with Crippen LogP contribution in [0.5, 0.6) is 0 Å². The van der Waals surface area contributed by atoms with Crippen molar-refractivity contribution in [1.29, 1.82) is 0 Å². The van der Waals surface area contributed by atoms with Crippen LogP contribution in [0.15, 0.2) is 18.3 Å². The Balaban J connectivity index is 2.26. The Morgan fingerprint density at radius 2 is 2.12 bits per heavy atom. The summed E-state index contributed by atoms with van der Waals surface area (Å²) in [5.74, 6) is 0.562. The van der Waals surface area contributed by atoms with Crippen molar-refractivity contribution in [3.8, 4) is 0 Å². The molecule has 1 aromatic heterocycles. The van der Waals surface area contributed by atoms with Gasteiger partial charge < -0.3 is 16.0 Å². The van der Waals surface area contributed by atoms with Gasteiger partial charge in [-0.3, -0.25) is 0 Å². The molecule has 16 heavy (non-hydrogen) atoms. The number of hydrogen-bond donors (Lipinski definition) is 2. The first-order valence-electron chi connectivity index (χ1n) is 5.94. The molecule has 0 saturated heterocycles. The fourth-order valence-electron chi connectivity index (χ4n) is 1.61. The summed E-state index contributed by atoms with van der Waals surface area (Å²) in [6.07, 6.45) is 2.97. The van der Waals surface area contributed by atoms with Crippen molar-refractivity contribution >= 4 is 11.5 Å². The second-order valence-corrected chi connectivity index (χ2v) is 3.83. The highest BCUT2D eigenvalue weighted by Crippen LogP contribution is 2.06. The zero-order valence-electron chi connectivity index (χ0n) is 10.2. The fraction of sp³-hybridized carbons (Fsp3) is 0.583. The molecule has 0 aliphatic carbocycles. The Labute approximate surface area is 97.9 Å². The lowest BCUT2D eigenvalue weighted by atomic mass is 10.3. The highest BCUT2D eigenvalue weighted by Gasteiger charge is 1.99. The molecule has 0 unspecified atom stereocenters. The predicted octanol–water partition coefficient (Wildman–Crippen LogP) is 1.81. The predicted molar refractivity (Wildman–Crippen MR) is 69.5 cm³/mol. The topological polar surface area (TPSA) is 54.2 Å². The van der Waals surface area contributed by atoms with Crippen LogP contribution in [0.25, 0.3) is 0 Å². The highest BCUT2D eigenvalue weighted by molar-refractivity contribution is 5.45. The number of nitrogens with two attached hydrogens (primary N) is 1. The smallest absolute Gasteiger partial charge is 0.123 e. The molecule has 0 spiro atoms. The molecular formula is C12H22N4. The molecule has 0 aliphatic rings. The van der Waals surface area contributed by atoms with Crippen LogP contribution in [0.3, 0.4) is 0 Å². The fourth-order valence-corrected chi connectivity index (χ4v) is 1.61. The minimum atomic E-state index is 0.562. The third-order valence-electron chi connectivity index (χ3n) is 2.53. The number of anilines is 2. The Morgan fingerprint density at radius 3 is 2.69 bits per heavy atom. The highest BCUT2D eigenvalue weighted by atomic mass is 15.1. The number of nitrogens with zero attached hydrogens (tertiary/aromatic N) is 2. The molecule has 1 rings (SSSR count). The van der Waals surface area contributed by atoms with Crippen molar-refractivity contribution < 1.29 is 0 Å². The van der Waals surface area contributed by atoms with Crippen molar-refractivity contribution in [3.05, 3.63) is 18.3 Å². The number of aromatic nitrogens is 1. The largest absolute Gasteiger partial charge is 0.384 e. The third-order valence-corrected chi connectivity index (χ3v) is 2.53. The lowest BCUT2D eigenvalue weighted by molar-refractivity contribution is 0.300. The monoisotopic (exact) mass is 222 g/mol. The quantitative estimate of drug-likeness (QED) is 0.738. The van der Waals surface area contributed by atoms with Gasteiger partial charge in [0, 0.05) is 13.1 Å².